The first-order valence-corrected chi connectivity index (χ1v) is 7.36. The number of benzene rings is 1. The molecule has 6 heteroatoms. The lowest BCUT2D eigenvalue weighted by Crippen LogP contribution is -2.38. The number of hydrogen-bond donors (Lipinski definition) is 1. The van der Waals surface area contributed by atoms with Crippen molar-refractivity contribution in [3.63, 3.8) is 0 Å². The van der Waals surface area contributed by atoms with Gasteiger partial charge in [-0.1, -0.05) is 30.3 Å². The van der Waals surface area contributed by atoms with Gasteiger partial charge in [0.15, 0.2) is 0 Å². The first kappa shape index (κ1) is 14.4. The normalized spacial score (nSPS) is 15.7. The maximum atomic E-state index is 12.0. The van der Waals surface area contributed by atoms with Gasteiger partial charge < -0.3 is 14.2 Å². The minimum atomic E-state index is -0.294. The van der Waals surface area contributed by atoms with Gasteiger partial charge in [0.2, 0.25) is 0 Å². The molecule has 22 heavy (non-hydrogen) atoms. The van der Waals surface area contributed by atoms with Crippen LogP contribution in [0, 0.1) is 0 Å². The summed E-state index contributed by atoms with van der Waals surface area (Å²) in [5.41, 5.74) is 0.750. The molecule has 1 amide bonds. The van der Waals surface area contributed by atoms with Crippen molar-refractivity contribution in [3.8, 4) is 0 Å². The van der Waals surface area contributed by atoms with Crippen LogP contribution in [-0.2, 0) is 11.3 Å². The summed E-state index contributed by atoms with van der Waals surface area (Å²) in [4.78, 5) is 24.8. The van der Waals surface area contributed by atoms with Gasteiger partial charge in [0.1, 0.15) is 12.4 Å². The number of ether oxygens (including phenoxy) is 1. The van der Waals surface area contributed by atoms with Crippen LogP contribution in [0.15, 0.2) is 45.7 Å². The molecule has 2 heterocycles. The molecular weight excluding hydrogens is 284 g/mol. The van der Waals surface area contributed by atoms with Gasteiger partial charge in [-0.25, -0.2) is 4.79 Å². The highest BCUT2D eigenvalue weighted by Gasteiger charge is 2.26. The molecule has 6 nitrogen and oxygen atoms in total. The van der Waals surface area contributed by atoms with Gasteiger partial charge in [-0.05, 0) is 18.4 Å². The average Bonchev–Trinajstić information content (AvgIpc) is 3.00. The highest BCUT2D eigenvalue weighted by atomic mass is 16.6. The molecule has 1 aromatic heterocycles. The third-order valence-electron chi connectivity index (χ3n) is 3.90. The number of carbonyl (C=O) groups is 1. The monoisotopic (exact) mass is 302 g/mol. The summed E-state index contributed by atoms with van der Waals surface area (Å²) in [7, 11) is 0. The first-order valence-electron chi connectivity index (χ1n) is 7.36. The highest BCUT2D eigenvalue weighted by Crippen LogP contribution is 2.27. The SMILES string of the molecule is O=C(OCc1ccccc1)N1CCC(c2cc(=O)[nH]o2)CC1. The minimum Gasteiger partial charge on any atom is -0.445 e. The third kappa shape index (κ3) is 3.39. The van der Waals surface area contributed by atoms with Crippen LogP contribution in [-0.4, -0.2) is 29.2 Å². The van der Waals surface area contributed by atoms with Crippen LogP contribution >= 0.6 is 0 Å². The topological polar surface area (TPSA) is 75.5 Å². The van der Waals surface area contributed by atoms with Crippen LogP contribution in [0.25, 0.3) is 0 Å². The maximum absolute atomic E-state index is 12.0. The Labute approximate surface area is 127 Å². The lowest BCUT2D eigenvalue weighted by atomic mass is 9.95. The van der Waals surface area contributed by atoms with E-state index in [1.54, 1.807) is 4.90 Å². The molecule has 0 spiro atoms. The number of nitrogens with one attached hydrogen (secondary N) is 1. The molecule has 2 aromatic rings. The van der Waals surface area contributed by atoms with Gasteiger partial charge in [-0.2, -0.15) is 5.16 Å². The van der Waals surface area contributed by atoms with E-state index in [0.29, 0.717) is 18.8 Å². The zero-order valence-electron chi connectivity index (χ0n) is 12.2. The number of hydrogen-bond acceptors (Lipinski definition) is 4. The van der Waals surface area contributed by atoms with E-state index >= 15 is 0 Å². The molecular formula is C16H18N2O4. The van der Waals surface area contributed by atoms with Gasteiger partial charge in [-0.3, -0.25) is 4.79 Å². The summed E-state index contributed by atoms with van der Waals surface area (Å²) in [6, 6.07) is 11.1. The molecule has 0 atom stereocenters. The number of carbonyl (C=O) groups excluding carboxylic acids is 1. The molecule has 1 aliphatic heterocycles. The van der Waals surface area contributed by atoms with Crippen molar-refractivity contribution >= 4 is 6.09 Å². The summed E-state index contributed by atoms with van der Waals surface area (Å²) in [5, 5.41) is 2.30. The smallest absolute Gasteiger partial charge is 0.410 e. The van der Waals surface area contributed by atoms with E-state index in [4.69, 9.17) is 9.26 Å². The van der Waals surface area contributed by atoms with Crippen molar-refractivity contribution in [2.75, 3.05) is 13.1 Å². The number of nitrogens with zero attached hydrogens (tertiary/aromatic N) is 1. The second-order valence-electron chi connectivity index (χ2n) is 5.42. The Hall–Kier alpha value is -2.50. The number of H-pyrrole nitrogens is 1. The third-order valence-corrected chi connectivity index (χ3v) is 3.90. The fourth-order valence-electron chi connectivity index (χ4n) is 2.66. The van der Waals surface area contributed by atoms with E-state index in [0.717, 1.165) is 18.4 Å². The zero-order chi connectivity index (χ0) is 15.4. The van der Waals surface area contributed by atoms with E-state index in [-0.39, 0.29) is 24.2 Å². The Kier molecular flexibility index (Phi) is 4.27. The lowest BCUT2D eigenvalue weighted by Gasteiger charge is -2.30. The Balaban J connectivity index is 1.48. The van der Waals surface area contributed by atoms with Gasteiger partial charge in [0.05, 0.1) is 0 Å². The maximum Gasteiger partial charge on any atom is 0.410 e. The molecule has 0 aliphatic carbocycles. The number of aromatic nitrogens is 1. The highest BCUT2D eigenvalue weighted by molar-refractivity contribution is 5.67. The standard InChI is InChI=1S/C16H18N2O4/c19-15-10-14(22-17-15)13-6-8-18(9-7-13)16(20)21-11-12-4-2-1-3-5-12/h1-5,10,13H,6-9,11H2,(H,17,19). The summed E-state index contributed by atoms with van der Waals surface area (Å²) in [5.74, 6) is 0.847. The Morgan fingerprint density at radius 1 is 1.27 bits per heavy atom. The van der Waals surface area contributed by atoms with Crippen LogP contribution in [0.3, 0.4) is 0 Å². The van der Waals surface area contributed by atoms with Gasteiger partial charge >= 0.3 is 6.09 Å². The van der Waals surface area contributed by atoms with Crippen molar-refractivity contribution in [2.45, 2.75) is 25.4 Å². The van der Waals surface area contributed by atoms with Gasteiger partial charge in [0, 0.05) is 25.1 Å². The molecule has 116 valence electrons. The molecule has 0 bridgehead atoms. The number of piperidine rings is 1. The number of likely N-dealkylation sites (tertiary alicyclic amines) is 1. The van der Waals surface area contributed by atoms with Crippen LogP contribution in [0.4, 0.5) is 4.79 Å². The molecule has 1 N–H and O–H groups in total. The largest absolute Gasteiger partial charge is 0.445 e. The van der Waals surface area contributed by atoms with Gasteiger partial charge in [-0.15, -0.1) is 0 Å². The molecule has 0 radical (unpaired) electrons. The molecule has 1 fully saturated rings. The summed E-state index contributed by atoms with van der Waals surface area (Å²) in [6.45, 7) is 1.49. The lowest BCUT2D eigenvalue weighted by molar-refractivity contribution is 0.0855. The Bertz CT molecular complexity index is 669. The van der Waals surface area contributed by atoms with Crippen LogP contribution < -0.4 is 5.56 Å². The first-order chi connectivity index (χ1) is 10.7. The Morgan fingerprint density at radius 2 is 2.00 bits per heavy atom. The number of amides is 1. The van der Waals surface area contributed by atoms with E-state index in [1.807, 2.05) is 30.3 Å². The van der Waals surface area contributed by atoms with Crippen molar-refractivity contribution < 1.29 is 14.1 Å². The van der Waals surface area contributed by atoms with E-state index in [2.05, 4.69) is 5.16 Å². The fraction of sp³-hybridized carbons (Fsp3) is 0.375. The molecule has 0 saturated carbocycles. The number of aromatic amines is 1. The summed E-state index contributed by atoms with van der Waals surface area (Å²) < 4.78 is 10.5. The average molecular weight is 302 g/mol. The van der Waals surface area contributed by atoms with Crippen molar-refractivity contribution in [1.29, 1.82) is 0 Å². The molecule has 1 aliphatic rings. The van der Waals surface area contributed by atoms with Crippen LogP contribution in [0.1, 0.15) is 30.1 Å². The summed E-state index contributed by atoms with van der Waals surface area (Å²) >= 11 is 0. The second-order valence-corrected chi connectivity index (χ2v) is 5.42. The molecule has 3 rings (SSSR count). The minimum absolute atomic E-state index is 0.178. The van der Waals surface area contributed by atoms with Crippen LogP contribution in [0.2, 0.25) is 0 Å². The van der Waals surface area contributed by atoms with Gasteiger partial charge in [0.25, 0.3) is 5.56 Å². The molecule has 0 unspecified atom stereocenters. The quantitative estimate of drug-likeness (QED) is 0.945. The predicted octanol–water partition coefficient (Wildman–Crippen LogP) is 2.48. The number of rotatable bonds is 3. The van der Waals surface area contributed by atoms with Crippen molar-refractivity contribution in [1.82, 2.24) is 10.1 Å². The molecule has 1 saturated heterocycles. The van der Waals surface area contributed by atoms with Crippen LogP contribution in [0.5, 0.6) is 0 Å². The summed E-state index contributed by atoms with van der Waals surface area (Å²) in [6.07, 6.45) is 1.24. The van der Waals surface area contributed by atoms with E-state index < -0.39 is 0 Å². The molecule has 1 aromatic carbocycles. The zero-order valence-corrected chi connectivity index (χ0v) is 12.2. The Morgan fingerprint density at radius 3 is 2.64 bits per heavy atom. The van der Waals surface area contributed by atoms with E-state index in [9.17, 15) is 9.59 Å². The second kappa shape index (κ2) is 6.51. The van der Waals surface area contributed by atoms with Crippen molar-refractivity contribution in [3.05, 3.63) is 58.1 Å². The van der Waals surface area contributed by atoms with E-state index in [1.165, 1.54) is 6.07 Å². The van der Waals surface area contributed by atoms with Crippen molar-refractivity contribution in [2.24, 2.45) is 0 Å². The predicted molar refractivity (Wildman–Crippen MR) is 79.5 cm³/mol. The fourth-order valence-corrected chi connectivity index (χ4v) is 2.66.